The molecule has 144 valence electrons. The topological polar surface area (TPSA) is 89.3 Å². The van der Waals surface area contributed by atoms with Crippen molar-refractivity contribution in [3.8, 4) is 11.4 Å². The molecule has 3 heterocycles. The fourth-order valence-electron chi connectivity index (χ4n) is 2.99. The second-order valence-electron chi connectivity index (χ2n) is 6.21. The molecular formula is C18H18ClN7O2. The SMILES string of the molecule is O=C(COc1ccc(-n2cnnn2)cc1)N1CCN(c2ncccc2Cl)CC1. The van der Waals surface area contributed by atoms with Crippen LogP contribution in [0.1, 0.15) is 0 Å². The molecule has 0 saturated carbocycles. The Bertz CT molecular complexity index is 925. The number of halogens is 1. The molecule has 2 aromatic heterocycles. The summed E-state index contributed by atoms with van der Waals surface area (Å²) in [5, 5.41) is 11.6. The van der Waals surface area contributed by atoms with E-state index in [1.54, 1.807) is 34.0 Å². The monoisotopic (exact) mass is 399 g/mol. The zero-order valence-electron chi connectivity index (χ0n) is 15.0. The fourth-order valence-corrected chi connectivity index (χ4v) is 3.23. The number of aromatic nitrogens is 5. The summed E-state index contributed by atoms with van der Waals surface area (Å²) in [6, 6.07) is 10.8. The van der Waals surface area contributed by atoms with Crippen molar-refractivity contribution in [1.82, 2.24) is 30.1 Å². The zero-order valence-corrected chi connectivity index (χ0v) is 15.7. The Hall–Kier alpha value is -3.20. The second-order valence-corrected chi connectivity index (χ2v) is 6.62. The number of hydrogen-bond donors (Lipinski definition) is 0. The Labute approximate surface area is 166 Å². The summed E-state index contributed by atoms with van der Waals surface area (Å²) in [5.41, 5.74) is 0.813. The lowest BCUT2D eigenvalue weighted by Crippen LogP contribution is -2.50. The van der Waals surface area contributed by atoms with E-state index in [0.717, 1.165) is 11.5 Å². The maximum Gasteiger partial charge on any atom is 0.260 e. The third-order valence-electron chi connectivity index (χ3n) is 4.48. The van der Waals surface area contributed by atoms with Gasteiger partial charge in [0.1, 0.15) is 17.9 Å². The lowest BCUT2D eigenvalue weighted by atomic mass is 10.3. The highest BCUT2D eigenvalue weighted by atomic mass is 35.5. The van der Waals surface area contributed by atoms with E-state index in [9.17, 15) is 4.79 Å². The smallest absolute Gasteiger partial charge is 0.260 e. The number of benzene rings is 1. The molecule has 28 heavy (non-hydrogen) atoms. The van der Waals surface area contributed by atoms with Crippen LogP contribution in [0.4, 0.5) is 5.82 Å². The maximum atomic E-state index is 12.4. The summed E-state index contributed by atoms with van der Waals surface area (Å²) in [5.74, 6) is 1.33. The van der Waals surface area contributed by atoms with Crippen LogP contribution in [0.25, 0.3) is 5.69 Å². The van der Waals surface area contributed by atoms with Crippen molar-refractivity contribution >= 4 is 23.3 Å². The second kappa shape index (κ2) is 8.22. The van der Waals surface area contributed by atoms with Crippen molar-refractivity contribution in [3.63, 3.8) is 0 Å². The van der Waals surface area contributed by atoms with E-state index < -0.39 is 0 Å². The van der Waals surface area contributed by atoms with Crippen LogP contribution in [0.2, 0.25) is 5.02 Å². The Morgan fingerprint density at radius 2 is 1.89 bits per heavy atom. The van der Waals surface area contributed by atoms with Crippen LogP contribution < -0.4 is 9.64 Å². The van der Waals surface area contributed by atoms with Gasteiger partial charge in [0.2, 0.25) is 0 Å². The molecule has 1 aromatic carbocycles. The molecule has 4 rings (SSSR count). The number of anilines is 1. The van der Waals surface area contributed by atoms with Gasteiger partial charge in [-0.3, -0.25) is 4.79 Å². The summed E-state index contributed by atoms with van der Waals surface area (Å²) >= 11 is 6.20. The van der Waals surface area contributed by atoms with Crippen molar-refractivity contribution in [2.45, 2.75) is 0 Å². The zero-order chi connectivity index (χ0) is 19.3. The predicted octanol–water partition coefficient (Wildman–Crippen LogP) is 1.44. The van der Waals surface area contributed by atoms with E-state index in [1.165, 1.54) is 6.33 Å². The lowest BCUT2D eigenvalue weighted by molar-refractivity contribution is -0.133. The quantitative estimate of drug-likeness (QED) is 0.641. The average molecular weight is 400 g/mol. The molecular weight excluding hydrogens is 382 g/mol. The van der Waals surface area contributed by atoms with Crippen LogP contribution in [-0.2, 0) is 4.79 Å². The van der Waals surface area contributed by atoms with Crippen LogP contribution in [0.3, 0.4) is 0 Å². The number of pyridine rings is 1. The predicted molar refractivity (Wildman–Crippen MR) is 103 cm³/mol. The van der Waals surface area contributed by atoms with E-state index in [1.807, 2.05) is 18.2 Å². The molecule has 0 atom stereocenters. The number of rotatable bonds is 5. The lowest BCUT2D eigenvalue weighted by Gasteiger charge is -2.35. The first-order valence-corrected chi connectivity index (χ1v) is 9.18. The fraction of sp³-hybridized carbons (Fsp3) is 0.278. The molecule has 10 heteroatoms. The highest BCUT2D eigenvalue weighted by Gasteiger charge is 2.23. The van der Waals surface area contributed by atoms with Crippen LogP contribution >= 0.6 is 11.6 Å². The highest BCUT2D eigenvalue weighted by Crippen LogP contribution is 2.23. The summed E-state index contributed by atoms with van der Waals surface area (Å²) in [6.45, 7) is 2.57. The van der Waals surface area contributed by atoms with E-state index in [-0.39, 0.29) is 12.5 Å². The van der Waals surface area contributed by atoms with Crippen LogP contribution in [0, 0.1) is 0 Å². The number of amides is 1. The Morgan fingerprint density at radius 3 is 2.57 bits per heavy atom. The molecule has 0 bridgehead atoms. The number of ether oxygens (including phenoxy) is 1. The van der Waals surface area contributed by atoms with Gasteiger partial charge in [0.15, 0.2) is 6.61 Å². The van der Waals surface area contributed by atoms with Gasteiger partial charge in [-0.1, -0.05) is 11.6 Å². The first kappa shape index (κ1) is 18.2. The van der Waals surface area contributed by atoms with Crippen LogP contribution in [-0.4, -0.2) is 68.8 Å². The van der Waals surface area contributed by atoms with E-state index in [4.69, 9.17) is 16.3 Å². The molecule has 9 nitrogen and oxygen atoms in total. The van der Waals surface area contributed by atoms with E-state index in [2.05, 4.69) is 25.4 Å². The molecule has 0 radical (unpaired) electrons. The number of tetrazole rings is 1. The molecule has 1 aliphatic heterocycles. The normalized spacial score (nSPS) is 14.2. The third-order valence-corrected chi connectivity index (χ3v) is 4.78. The van der Waals surface area contributed by atoms with E-state index >= 15 is 0 Å². The van der Waals surface area contributed by atoms with Crippen LogP contribution in [0.15, 0.2) is 48.9 Å². The van der Waals surface area contributed by atoms with Crippen molar-refractivity contribution in [1.29, 1.82) is 0 Å². The molecule has 0 aliphatic carbocycles. The third kappa shape index (κ3) is 4.04. The molecule has 1 fully saturated rings. The molecule has 1 amide bonds. The Kier molecular flexibility index (Phi) is 5.34. The van der Waals surface area contributed by atoms with Crippen molar-refractivity contribution < 1.29 is 9.53 Å². The number of nitrogens with zero attached hydrogens (tertiary/aromatic N) is 7. The maximum absolute atomic E-state index is 12.4. The van der Waals surface area contributed by atoms with Gasteiger partial charge in [-0.2, -0.15) is 0 Å². The number of hydrogen-bond acceptors (Lipinski definition) is 7. The number of piperazine rings is 1. The molecule has 1 saturated heterocycles. The Balaban J connectivity index is 1.27. The van der Waals surface area contributed by atoms with Gasteiger partial charge < -0.3 is 14.5 Å². The minimum Gasteiger partial charge on any atom is -0.484 e. The number of carbonyl (C=O) groups is 1. The standard InChI is InChI=1S/C18H18ClN7O2/c19-16-2-1-7-20-18(16)25-10-8-24(9-11-25)17(27)12-28-15-5-3-14(4-6-15)26-13-21-22-23-26/h1-7,13H,8-12H2. The van der Waals surface area contributed by atoms with Crippen molar-refractivity contribution in [2.75, 3.05) is 37.7 Å². The number of carbonyl (C=O) groups excluding carboxylic acids is 1. The van der Waals surface area contributed by atoms with Gasteiger partial charge in [0, 0.05) is 32.4 Å². The highest BCUT2D eigenvalue weighted by molar-refractivity contribution is 6.32. The van der Waals surface area contributed by atoms with E-state index in [0.29, 0.717) is 37.0 Å². The summed E-state index contributed by atoms with van der Waals surface area (Å²) in [7, 11) is 0. The van der Waals surface area contributed by atoms with Crippen molar-refractivity contribution in [2.24, 2.45) is 0 Å². The minimum atomic E-state index is -0.0451. The molecule has 0 N–H and O–H groups in total. The van der Waals surface area contributed by atoms with Crippen molar-refractivity contribution in [3.05, 3.63) is 53.9 Å². The average Bonchev–Trinajstić information content (AvgIpc) is 3.28. The van der Waals surface area contributed by atoms with Gasteiger partial charge in [0.25, 0.3) is 5.91 Å². The van der Waals surface area contributed by atoms with Gasteiger partial charge >= 0.3 is 0 Å². The van der Waals surface area contributed by atoms with Gasteiger partial charge in [-0.25, -0.2) is 9.67 Å². The minimum absolute atomic E-state index is 0.00539. The Morgan fingerprint density at radius 1 is 1.11 bits per heavy atom. The largest absolute Gasteiger partial charge is 0.484 e. The summed E-state index contributed by atoms with van der Waals surface area (Å²) in [6.07, 6.45) is 3.23. The van der Waals surface area contributed by atoms with Gasteiger partial charge in [0.05, 0.1) is 10.7 Å². The first-order valence-electron chi connectivity index (χ1n) is 8.80. The first-order chi connectivity index (χ1) is 13.7. The van der Waals surface area contributed by atoms with Gasteiger partial charge in [-0.05, 0) is 46.8 Å². The summed E-state index contributed by atoms with van der Waals surface area (Å²) in [4.78, 5) is 20.7. The molecule has 0 unspecified atom stereocenters. The molecule has 3 aromatic rings. The summed E-state index contributed by atoms with van der Waals surface area (Å²) < 4.78 is 7.17. The molecule has 1 aliphatic rings. The van der Waals surface area contributed by atoms with Gasteiger partial charge in [-0.15, -0.1) is 5.10 Å². The molecule has 0 spiro atoms. The van der Waals surface area contributed by atoms with Crippen LogP contribution in [0.5, 0.6) is 5.75 Å².